The normalized spacial score (nSPS) is 10.2. The predicted octanol–water partition coefficient (Wildman–Crippen LogP) is 3.48. The Morgan fingerprint density at radius 1 is 1.14 bits per heavy atom. The predicted molar refractivity (Wildman–Crippen MR) is 75.6 cm³/mol. The van der Waals surface area contributed by atoms with Crippen LogP contribution in [0.4, 0.5) is 10.1 Å². The largest absolute Gasteiger partial charge is 0.478 e. The Labute approximate surface area is 128 Å². The Kier molecular flexibility index (Phi) is 4.40. The van der Waals surface area contributed by atoms with Gasteiger partial charge >= 0.3 is 5.97 Å². The number of aromatic carboxylic acids is 1. The van der Waals surface area contributed by atoms with Crippen LogP contribution in [0, 0.1) is 5.82 Å². The lowest BCUT2D eigenvalue weighted by molar-refractivity contribution is 0.0697. The molecule has 0 aliphatic rings. The van der Waals surface area contributed by atoms with Crippen LogP contribution in [-0.2, 0) is 0 Å². The van der Waals surface area contributed by atoms with Gasteiger partial charge in [0.2, 0.25) is 0 Å². The maximum absolute atomic E-state index is 13.1. The van der Waals surface area contributed by atoms with E-state index in [1.54, 1.807) is 0 Å². The van der Waals surface area contributed by atoms with Crippen molar-refractivity contribution in [3.8, 4) is 0 Å². The van der Waals surface area contributed by atoms with Crippen LogP contribution in [0.25, 0.3) is 0 Å². The number of nitrogens with one attached hydrogen (secondary N) is 1. The molecule has 1 heterocycles. The number of hydrogen-bond donors (Lipinski definition) is 2. The molecule has 2 rings (SSSR count). The van der Waals surface area contributed by atoms with Crippen molar-refractivity contribution in [1.82, 2.24) is 4.98 Å². The number of hydrogen-bond acceptors (Lipinski definition) is 3. The molecule has 0 saturated heterocycles. The highest BCUT2D eigenvalue weighted by molar-refractivity contribution is 6.35. The molecule has 1 aromatic carbocycles. The molecule has 0 fully saturated rings. The summed E-state index contributed by atoms with van der Waals surface area (Å²) in [5, 5.41) is 11.3. The number of halogens is 3. The lowest BCUT2D eigenvalue weighted by atomic mass is 10.1. The van der Waals surface area contributed by atoms with Crippen molar-refractivity contribution in [2.24, 2.45) is 0 Å². The molecular formula is C13H7Cl2FN2O3. The van der Waals surface area contributed by atoms with Crippen LogP contribution in [0.1, 0.15) is 20.7 Å². The topological polar surface area (TPSA) is 79.3 Å². The third kappa shape index (κ3) is 3.48. The van der Waals surface area contributed by atoms with Crippen LogP contribution >= 0.6 is 23.2 Å². The van der Waals surface area contributed by atoms with Gasteiger partial charge in [0.15, 0.2) is 0 Å². The van der Waals surface area contributed by atoms with Gasteiger partial charge in [0, 0.05) is 0 Å². The summed E-state index contributed by atoms with van der Waals surface area (Å²) < 4.78 is 13.1. The van der Waals surface area contributed by atoms with Gasteiger partial charge in [-0.05, 0) is 30.3 Å². The van der Waals surface area contributed by atoms with E-state index in [-0.39, 0.29) is 27.1 Å². The van der Waals surface area contributed by atoms with Gasteiger partial charge in [0.1, 0.15) is 16.1 Å². The summed E-state index contributed by atoms with van der Waals surface area (Å²) in [7, 11) is 0. The van der Waals surface area contributed by atoms with Gasteiger partial charge in [0.25, 0.3) is 5.91 Å². The number of benzene rings is 1. The third-order valence-corrected chi connectivity index (χ3v) is 3.02. The number of carboxylic acid groups (broad SMARTS) is 1. The number of nitrogens with zero attached hydrogens (tertiary/aromatic N) is 1. The highest BCUT2D eigenvalue weighted by Gasteiger charge is 2.17. The van der Waals surface area contributed by atoms with E-state index in [1.165, 1.54) is 12.1 Å². The molecule has 0 saturated carbocycles. The minimum atomic E-state index is -1.37. The standard InChI is InChI=1S/C13H7Cl2FN2O3/c14-10-4-2-7(11(15)18-10)12(19)17-9-3-1-6(16)5-8(9)13(20)21/h1-5H,(H,17,19)(H,20,21). The molecule has 108 valence electrons. The van der Waals surface area contributed by atoms with Crippen molar-refractivity contribution < 1.29 is 19.1 Å². The van der Waals surface area contributed by atoms with Crippen LogP contribution < -0.4 is 5.32 Å². The first-order chi connectivity index (χ1) is 9.88. The summed E-state index contributed by atoms with van der Waals surface area (Å²) in [6.45, 7) is 0. The second kappa shape index (κ2) is 6.07. The molecule has 0 unspecified atom stereocenters. The lowest BCUT2D eigenvalue weighted by Crippen LogP contribution is -2.15. The van der Waals surface area contributed by atoms with Crippen molar-refractivity contribution in [3.05, 3.63) is 57.6 Å². The molecule has 2 aromatic rings. The second-order valence-corrected chi connectivity index (χ2v) is 4.67. The van der Waals surface area contributed by atoms with E-state index in [0.29, 0.717) is 0 Å². The zero-order valence-corrected chi connectivity index (χ0v) is 11.7. The van der Waals surface area contributed by atoms with Crippen molar-refractivity contribution in [2.45, 2.75) is 0 Å². The van der Waals surface area contributed by atoms with Gasteiger partial charge in [-0.15, -0.1) is 0 Å². The van der Waals surface area contributed by atoms with Crippen molar-refractivity contribution in [1.29, 1.82) is 0 Å². The van der Waals surface area contributed by atoms with Gasteiger partial charge in [-0.3, -0.25) is 4.79 Å². The molecular weight excluding hydrogens is 322 g/mol. The molecule has 1 aromatic heterocycles. The van der Waals surface area contributed by atoms with E-state index in [2.05, 4.69) is 10.3 Å². The number of amides is 1. The summed E-state index contributed by atoms with van der Waals surface area (Å²) in [6.07, 6.45) is 0. The van der Waals surface area contributed by atoms with Crippen LogP contribution in [0.5, 0.6) is 0 Å². The summed E-state index contributed by atoms with van der Waals surface area (Å²) >= 11 is 11.4. The number of carbonyl (C=O) groups excluding carboxylic acids is 1. The molecule has 0 bridgehead atoms. The Hall–Kier alpha value is -2.18. The third-order valence-electron chi connectivity index (χ3n) is 2.52. The van der Waals surface area contributed by atoms with E-state index in [0.717, 1.165) is 18.2 Å². The molecule has 0 atom stereocenters. The smallest absolute Gasteiger partial charge is 0.337 e. The Bertz CT molecular complexity index is 737. The maximum Gasteiger partial charge on any atom is 0.337 e. The van der Waals surface area contributed by atoms with E-state index in [1.807, 2.05) is 0 Å². The Morgan fingerprint density at radius 3 is 2.48 bits per heavy atom. The van der Waals surface area contributed by atoms with Crippen LogP contribution in [-0.4, -0.2) is 22.0 Å². The summed E-state index contributed by atoms with van der Waals surface area (Å²) in [5.74, 6) is -2.78. The zero-order chi connectivity index (χ0) is 15.6. The summed E-state index contributed by atoms with van der Waals surface area (Å²) in [6, 6.07) is 5.69. The molecule has 21 heavy (non-hydrogen) atoms. The van der Waals surface area contributed by atoms with Gasteiger partial charge in [-0.25, -0.2) is 14.2 Å². The van der Waals surface area contributed by atoms with Crippen molar-refractivity contribution in [2.75, 3.05) is 5.32 Å². The van der Waals surface area contributed by atoms with Gasteiger partial charge in [0.05, 0.1) is 16.8 Å². The van der Waals surface area contributed by atoms with E-state index >= 15 is 0 Å². The number of carboxylic acids is 1. The molecule has 5 nitrogen and oxygen atoms in total. The van der Waals surface area contributed by atoms with Crippen LogP contribution in [0.3, 0.4) is 0 Å². The number of carbonyl (C=O) groups is 2. The molecule has 8 heteroatoms. The van der Waals surface area contributed by atoms with Crippen LogP contribution in [0.15, 0.2) is 30.3 Å². The first-order valence-electron chi connectivity index (χ1n) is 5.54. The summed E-state index contributed by atoms with van der Waals surface area (Å²) in [4.78, 5) is 26.8. The first-order valence-corrected chi connectivity index (χ1v) is 6.30. The fourth-order valence-corrected chi connectivity index (χ4v) is 2.00. The van der Waals surface area contributed by atoms with E-state index < -0.39 is 17.7 Å². The van der Waals surface area contributed by atoms with Gasteiger partial charge in [-0.2, -0.15) is 0 Å². The quantitative estimate of drug-likeness (QED) is 0.845. The highest BCUT2D eigenvalue weighted by atomic mass is 35.5. The Morgan fingerprint density at radius 2 is 1.86 bits per heavy atom. The van der Waals surface area contributed by atoms with Crippen molar-refractivity contribution in [3.63, 3.8) is 0 Å². The van der Waals surface area contributed by atoms with Gasteiger partial charge < -0.3 is 10.4 Å². The number of aromatic nitrogens is 1. The van der Waals surface area contributed by atoms with E-state index in [9.17, 15) is 14.0 Å². The minimum Gasteiger partial charge on any atom is -0.478 e. The molecule has 2 N–H and O–H groups in total. The molecule has 0 aliphatic carbocycles. The fourth-order valence-electron chi connectivity index (χ4n) is 1.57. The minimum absolute atomic E-state index is 0.0155. The monoisotopic (exact) mass is 328 g/mol. The summed E-state index contributed by atoms with van der Waals surface area (Å²) in [5.41, 5.74) is -0.414. The second-order valence-electron chi connectivity index (χ2n) is 3.92. The molecule has 0 aliphatic heterocycles. The number of pyridine rings is 1. The maximum atomic E-state index is 13.1. The average Bonchev–Trinajstić information content (AvgIpc) is 2.40. The van der Waals surface area contributed by atoms with Crippen molar-refractivity contribution >= 4 is 40.8 Å². The molecule has 0 spiro atoms. The van der Waals surface area contributed by atoms with E-state index in [4.69, 9.17) is 28.3 Å². The van der Waals surface area contributed by atoms with Gasteiger partial charge in [-0.1, -0.05) is 23.2 Å². The lowest BCUT2D eigenvalue weighted by Gasteiger charge is -2.09. The zero-order valence-electron chi connectivity index (χ0n) is 10.2. The molecule has 0 radical (unpaired) electrons. The molecule has 1 amide bonds. The van der Waals surface area contributed by atoms with Crippen LogP contribution in [0.2, 0.25) is 10.3 Å². The number of anilines is 1. The average molecular weight is 329 g/mol. The first kappa shape index (κ1) is 15.2. The highest BCUT2D eigenvalue weighted by Crippen LogP contribution is 2.21. The number of rotatable bonds is 3. The Balaban J connectivity index is 2.34. The fraction of sp³-hybridized carbons (Fsp3) is 0. The SMILES string of the molecule is O=C(O)c1cc(F)ccc1NC(=O)c1ccc(Cl)nc1Cl.